The SMILES string of the molecule is Cc1ccc(C#CCCCN2CCC(Sc3ccccc3)CC2)cc1. The van der Waals surface area contributed by atoms with E-state index < -0.39 is 0 Å². The fourth-order valence-electron chi connectivity index (χ4n) is 3.13. The van der Waals surface area contributed by atoms with Crippen LogP contribution in [0.3, 0.4) is 0 Å². The average molecular weight is 350 g/mol. The minimum Gasteiger partial charge on any atom is -0.303 e. The van der Waals surface area contributed by atoms with Gasteiger partial charge in [-0.15, -0.1) is 11.8 Å². The lowest BCUT2D eigenvalue weighted by atomic mass is 10.1. The molecule has 2 aromatic rings. The number of nitrogens with zero attached hydrogens (tertiary/aromatic N) is 1. The van der Waals surface area contributed by atoms with Gasteiger partial charge in [0.05, 0.1) is 0 Å². The van der Waals surface area contributed by atoms with Crippen molar-refractivity contribution in [2.45, 2.75) is 42.8 Å². The number of hydrogen-bond acceptors (Lipinski definition) is 2. The van der Waals surface area contributed by atoms with Gasteiger partial charge in [-0.1, -0.05) is 47.7 Å². The largest absolute Gasteiger partial charge is 0.303 e. The second-order valence-corrected chi connectivity index (χ2v) is 8.12. The van der Waals surface area contributed by atoms with Crippen molar-refractivity contribution in [2.24, 2.45) is 0 Å². The molecule has 1 nitrogen and oxygen atoms in total. The van der Waals surface area contributed by atoms with Crippen LogP contribution in [0.4, 0.5) is 0 Å². The molecular weight excluding hydrogens is 322 g/mol. The van der Waals surface area contributed by atoms with E-state index in [2.05, 4.69) is 78.3 Å². The zero-order valence-electron chi connectivity index (χ0n) is 15.1. The molecule has 0 aromatic heterocycles. The lowest BCUT2D eigenvalue weighted by Gasteiger charge is -2.31. The third-order valence-corrected chi connectivity index (χ3v) is 5.99. The molecule has 1 heterocycles. The Hall–Kier alpha value is -1.69. The second kappa shape index (κ2) is 9.70. The maximum absolute atomic E-state index is 3.32. The van der Waals surface area contributed by atoms with Gasteiger partial charge >= 0.3 is 0 Å². The van der Waals surface area contributed by atoms with Gasteiger partial charge < -0.3 is 4.90 Å². The van der Waals surface area contributed by atoms with Crippen LogP contribution in [0.5, 0.6) is 0 Å². The molecule has 0 aliphatic carbocycles. The minimum absolute atomic E-state index is 0.778. The number of piperidine rings is 1. The van der Waals surface area contributed by atoms with Crippen LogP contribution in [0, 0.1) is 18.8 Å². The maximum atomic E-state index is 3.32. The first-order valence-electron chi connectivity index (χ1n) is 9.29. The van der Waals surface area contributed by atoms with E-state index in [0.717, 1.165) is 17.2 Å². The summed E-state index contributed by atoms with van der Waals surface area (Å²) < 4.78 is 0. The molecule has 0 atom stereocenters. The molecule has 0 unspecified atom stereocenters. The third kappa shape index (κ3) is 6.27. The lowest BCUT2D eigenvalue weighted by molar-refractivity contribution is 0.231. The van der Waals surface area contributed by atoms with E-state index in [1.807, 2.05) is 11.8 Å². The number of likely N-dealkylation sites (tertiary alicyclic amines) is 1. The number of unbranched alkanes of at least 4 members (excludes halogenated alkanes) is 1. The summed E-state index contributed by atoms with van der Waals surface area (Å²) in [6.07, 6.45) is 4.77. The van der Waals surface area contributed by atoms with E-state index in [-0.39, 0.29) is 0 Å². The van der Waals surface area contributed by atoms with Crippen LogP contribution < -0.4 is 0 Å². The molecule has 0 bridgehead atoms. The van der Waals surface area contributed by atoms with E-state index in [1.165, 1.54) is 49.4 Å². The number of hydrogen-bond donors (Lipinski definition) is 0. The summed E-state index contributed by atoms with van der Waals surface area (Å²) in [4.78, 5) is 4.02. The number of benzene rings is 2. The van der Waals surface area contributed by atoms with E-state index >= 15 is 0 Å². The number of aryl methyl sites for hydroxylation is 1. The van der Waals surface area contributed by atoms with Crippen molar-refractivity contribution >= 4 is 11.8 Å². The molecule has 3 rings (SSSR count). The highest BCUT2D eigenvalue weighted by atomic mass is 32.2. The van der Waals surface area contributed by atoms with E-state index in [1.54, 1.807) is 0 Å². The molecule has 1 aliphatic heterocycles. The first-order chi connectivity index (χ1) is 12.3. The molecule has 1 fully saturated rings. The molecule has 2 aromatic carbocycles. The third-order valence-electron chi connectivity index (χ3n) is 4.64. The Labute approximate surface area is 156 Å². The normalized spacial score (nSPS) is 15.6. The molecule has 0 radical (unpaired) electrons. The van der Waals surface area contributed by atoms with Gasteiger partial charge in [0, 0.05) is 22.1 Å². The monoisotopic (exact) mass is 349 g/mol. The molecule has 25 heavy (non-hydrogen) atoms. The van der Waals surface area contributed by atoms with Crippen molar-refractivity contribution < 1.29 is 0 Å². The van der Waals surface area contributed by atoms with Crippen molar-refractivity contribution in [3.8, 4) is 11.8 Å². The number of rotatable bonds is 5. The van der Waals surface area contributed by atoms with Gasteiger partial charge in [-0.25, -0.2) is 0 Å². The fraction of sp³-hybridized carbons (Fsp3) is 0.391. The Morgan fingerprint density at radius 3 is 2.44 bits per heavy atom. The molecule has 0 spiro atoms. The van der Waals surface area contributed by atoms with Crippen molar-refractivity contribution in [3.63, 3.8) is 0 Å². The van der Waals surface area contributed by atoms with Gasteiger partial charge in [0.2, 0.25) is 0 Å². The van der Waals surface area contributed by atoms with Crippen molar-refractivity contribution in [1.29, 1.82) is 0 Å². The molecule has 0 N–H and O–H groups in total. The summed E-state index contributed by atoms with van der Waals surface area (Å²) in [5.74, 6) is 6.59. The predicted molar refractivity (Wildman–Crippen MR) is 109 cm³/mol. The summed E-state index contributed by atoms with van der Waals surface area (Å²) >= 11 is 2.05. The molecule has 130 valence electrons. The molecule has 0 saturated carbocycles. The summed E-state index contributed by atoms with van der Waals surface area (Å²) in [6, 6.07) is 19.3. The van der Waals surface area contributed by atoms with E-state index in [9.17, 15) is 0 Å². The molecule has 2 heteroatoms. The van der Waals surface area contributed by atoms with Crippen LogP contribution in [0.25, 0.3) is 0 Å². The Morgan fingerprint density at radius 1 is 1.00 bits per heavy atom. The topological polar surface area (TPSA) is 3.24 Å². The van der Waals surface area contributed by atoms with Crippen LogP contribution in [0.2, 0.25) is 0 Å². The Morgan fingerprint density at radius 2 is 1.72 bits per heavy atom. The summed E-state index contributed by atoms with van der Waals surface area (Å²) in [5, 5.41) is 0.778. The molecule has 1 aliphatic rings. The van der Waals surface area contributed by atoms with Gasteiger partial charge in [0.1, 0.15) is 0 Å². The van der Waals surface area contributed by atoms with Crippen molar-refractivity contribution in [2.75, 3.05) is 19.6 Å². The van der Waals surface area contributed by atoms with Crippen LogP contribution in [-0.4, -0.2) is 29.8 Å². The van der Waals surface area contributed by atoms with Crippen LogP contribution >= 0.6 is 11.8 Å². The highest BCUT2D eigenvalue weighted by Crippen LogP contribution is 2.30. The number of thioether (sulfide) groups is 1. The summed E-state index contributed by atoms with van der Waals surface area (Å²) in [7, 11) is 0. The van der Waals surface area contributed by atoms with Gasteiger partial charge in [-0.05, 0) is 70.1 Å². The zero-order chi connectivity index (χ0) is 17.3. The van der Waals surface area contributed by atoms with E-state index in [0.29, 0.717) is 0 Å². The van der Waals surface area contributed by atoms with Gasteiger partial charge in [-0.3, -0.25) is 0 Å². The van der Waals surface area contributed by atoms with Crippen molar-refractivity contribution in [1.82, 2.24) is 4.90 Å². The van der Waals surface area contributed by atoms with Gasteiger partial charge in [-0.2, -0.15) is 0 Å². The smallest absolute Gasteiger partial charge is 0.0245 e. The molecule has 0 amide bonds. The zero-order valence-corrected chi connectivity index (χ0v) is 15.9. The fourth-order valence-corrected chi connectivity index (χ4v) is 4.28. The van der Waals surface area contributed by atoms with Crippen LogP contribution in [0.15, 0.2) is 59.5 Å². The molecule has 1 saturated heterocycles. The van der Waals surface area contributed by atoms with Gasteiger partial charge in [0.25, 0.3) is 0 Å². The van der Waals surface area contributed by atoms with E-state index in [4.69, 9.17) is 0 Å². The highest BCUT2D eigenvalue weighted by Gasteiger charge is 2.19. The summed E-state index contributed by atoms with van der Waals surface area (Å²) in [5.41, 5.74) is 2.42. The predicted octanol–water partition coefficient (Wildman–Crippen LogP) is 5.38. The quantitative estimate of drug-likeness (QED) is 0.526. The van der Waals surface area contributed by atoms with Gasteiger partial charge in [0.15, 0.2) is 0 Å². The summed E-state index contributed by atoms with van der Waals surface area (Å²) in [6.45, 7) is 5.76. The second-order valence-electron chi connectivity index (χ2n) is 6.74. The standard InChI is InChI=1S/C23H27NS/c1-20-11-13-21(14-12-20)8-4-3-7-17-24-18-15-23(16-19-24)25-22-9-5-2-6-10-22/h2,5-6,9-14,23H,3,7,15-19H2,1H3. The Kier molecular flexibility index (Phi) is 7.03. The Balaban J connectivity index is 1.32. The first kappa shape index (κ1) is 18.1. The minimum atomic E-state index is 0.778. The highest BCUT2D eigenvalue weighted by molar-refractivity contribution is 8.00. The van der Waals surface area contributed by atoms with Crippen LogP contribution in [-0.2, 0) is 0 Å². The molecular formula is C23H27NS. The van der Waals surface area contributed by atoms with Crippen LogP contribution in [0.1, 0.15) is 36.8 Å². The maximum Gasteiger partial charge on any atom is 0.0245 e. The first-order valence-corrected chi connectivity index (χ1v) is 10.2. The Bertz CT molecular complexity index is 688. The average Bonchev–Trinajstić information content (AvgIpc) is 2.65. The lowest BCUT2D eigenvalue weighted by Crippen LogP contribution is -2.35. The van der Waals surface area contributed by atoms with Crippen molar-refractivity contribution in [3.05, 3.63) is 65.7 Å².